The predicted molar refractivity (Wildman–Crippen MR) is 88.5 cm³/mol. The van der Waals surface area contributed by atoms with Crippen LogP contribution in [0.25, 0.3) is 0 Å². The van der Waals surface area contributed by atoms with Gasteiger partial charge in [0.1, 0.15) is 5.75 Å². The van der Waals surface area contributed by atoms with Crippen LogP contribution in [-0.2, 0) is 6.42 Å². The van der Waals surface area contributed by atoms with E-state index < -0.39 is 6.10 Å². The Balaban J connectivity index is 2.28. The summed E-state index contributed by atoms with van der Waals surface area (Å²) < 4.78 is 7.08. The lowest BCUT2D eigenvalue weighted by Gasteiger charge is -2.16. The van der Waals surface area contributed by atoms with E-state index in [1.165, 1.54) is 0 Å². The van der Waals surface area contributed by atoms with Crippen LogP contribution in [0.3, 0.4) is 0 Å². The van der Waals surface area contributed by atoms with Crippen molar-refractivity contribution in [3.63, 3.8) is 0 Å². The number of hydrogen-bond acceptors (Lipinski definition) is 2. The maximum Gasteiger partial charge on any atom is 0.138 e. The van der Waals surface area contributed by atoms with Crippen molar-refractivity contribution in [1.82, 2.24) is 0 Å². The summed E-state index contributed by atoms with van der Waals surface area (Å²) >= 11 is 12.8. The minimum atomic E-state index is -0.680. The largest absolute Gasteiger partial charge is 0.495 e. The monoisotopic (exact) mass is 418 g/mol. The average Bonchev–Trinajstić information content (AvgIpc) is 2.40. The van der Waals surface area contributed by atoms with Gasteiger partial charge >= 0.3 is 0 Å². The summed E-state index contributed by atoms with van der Waals surface area (Å²) in [6, 6.07) is 11.3. The highest BCUT2D eigenvalue weighted by atomic mass is 79.9. The summed E-state index contributed by atoms with van der Waals surface area (Å²) in [7, 11) is 1.57. The molecule has 1 N–H and O–H groups in total. The fourth-order valence-electron chi connectivity index (χ4n) is 2.00. The van der Waals surface area contributed by atoms with Crippen molar-refractivity contribution in [3.05, 3.63) is 61.5 Å². The van der Waals surface area contributed by atoms with Crippen LogP contribution in [0.1, 0.15) is 17.2 Å². The zero-order chi connectivity index (χ0) is 14.7. The standard InChI is InChI=1S/C15H13Br2ClO2/c1-20-15-12(7-11(18)8-13(15)17)14(19)6-9-2-4-10(16)5-3-9/h2-5,7-8,14,19H,6H2,1H3. The third-order valence-corrected chi connectivity index (χ3v) is 4.28. The molecule has 0 fully saturated rings. The van der Waals surface area contributed by atoms with Crippen molar-refractivity contribution >= 4 is 43.5 Å². The van der Waals surface area contributed by atoms with Crippen LogP contribution in [0, 0.1) is 0 Å². The zero-order valence-corrected chi connectivity index (χ0v) is 14.7. The van der Waals surface area contributed by atoms with Crippen molar-refractivity contribution in [2.24, 2.45) is 0 Å². The molecule has 0 aliphatic carbocycles. The lowest BCUT2D eigenvalue weighted by molar-refractivity contribution is 0.174. The number of aliphatic hydroxyl groups is 1. The van der Waals surface area contributed by atoms with Gasteiger partial charge in [-0.15, -0.1) is 0 Å². The normalized spacial score (nSPS) is 12.2. The molecule has 0 saturated carbocycles. The van der Waals surface area contributed by atoms with E-state index in [2.05, 4.69) is 31.9 Å². The molecule has 0 aromatic heterocycles. The molecule has 0 spiro atoms. The van der Waals surface area contributed by atoms with Gasteiger partial charge in [-0.25, -0.2) is 0 Å². The summed E-state index contributed by atoms with van der Waals surface area (Å²) in [5.74, 6) is 0.610. The highest BCUT2D eigenvalue weighted by molar-refractivity contribution is 9.10. The maximum atomic E-state index is 10.4. The van der Waals surface area contributed by atoms with Gasteiger partial charge in [0.15, 0.2) is 0 Å². The molecule has 1 atom stereocenters. The van der Waals surface area contributed by atoms with Gasteiger partial charge in [-0.1, -0.05) is 39.7 Å². The maximum absolute atomic E-state index is 10.4. The molecule has 106 valence electrons. The molecular weight excluding hydrogens is 407 g/mol. The van der Waals surface area contributed by atoms with Crippen LogP contribution >= 0.6 is 43.5 Å². The van der Waals surface area contributed by atoms with Crippen LogP contribution < -0.4 is 4.74 Å². The third-order valence-electron chi connectivity index (χ3n) is 2.94. The molecular formula is C15H13Br2ClO2. The second-order valence-electron chi connectivity index (χ2n) is 4.36. The quantitative estimate of drug-likeness (QED) is 0.741. The molecule has 0 saturated heterocycles. The van der Waals surface area contributed by atoms with Crippen molar-refractivity contribution < 1.29 is 9.84 Å². The van der Waals surface area contributed by atoms with E-state index in [0.29, 0.717) is 22.8 Å². The third kappa shape index (κ3) is 3.76. The Labute approximate surface area is 140 Å². The lowest BCUT2D eigenvalue weighted by atomic mass is 10.0. The minimum Gasteiger partial charge on any atom is -0.495 e. The molecule has 0 radical (unpaired) electrons. The Kier molecular flexibility index (Phi) is 5.49. The molecule has 0 aliphatic heterocycles. The van der Waals surface area contributed by atoms with Gasteiger partial charge in [0.2, 0.25) is 0 Å². The second kappa shape index (κ2) is 6.94. The van der Waals surface area contributed by atoms with Crippen molar-refractivity contribution in [1.29, 1.82) is 0 Å². The van der Waals surface area contributed by atoms with E-state index in [9.17, 15) is 5.11 Å². The Morgan fingerprint density at radius 1 is 1.20 bits per heavy atom. The van der Waals surface area contributed by atoms with Crippen LogP contribution in [-0.4, -0.2) is 12.2 Å². The molecule has 2 aromatic carbocycles. The van der Waals surface area contributed by atoms with E-state index in [1.54, 1.807) is 19.2 Å². The SMILES string of the molecule is COc1c(Br)cc(Cl)cc1C(O)Cc1ccc(Br)cc1. The Hall–Kier alpha value is -0.550. The van der Waals surface area contributed by atoms with E-state index in [0.717, 1.165) is 14.5 Å². The van der Waals surface area contributed by atoms with E-state index in [1.807, 2.05) is 24.3 Å². The topological polar surface area (TPSA) is 29.5 Å². The van der Waals surface area contributed by atoms with E-state index in [4.69, 9.17) is 16.3 Å². The molecule has 2 rings (SSSR count). The number of ether oxygens (including phenoxy) is 1. The Morgan fingerprint density at radius 3 is 2.45 bits per heavy atom. The summed E-state index contributed by atoms with van der Waals surface area (Å²) in [6.07, 6.45) is -0.183. The summed E-state index contributed by atoms with van der Waals surface area (Å²) in [4.78, 5) is 0. The van der Waals surface area contributed by atoms with Crippen LogP contribution in [0.15, 0.2) is 45.3 Å². The number of aliphatic hydroxyl groups excluding tert-OH is 1. The summed E-state index contributed by atoms with van der Waals surface area (Å²) in [5, 5.41) is 11.0. The smallest absolute Gasteiger partial charge is 0.138 e. The summed E-state index contributed by atoms with van der Waals surface area (Å²) in [5.41, 5.74) is 1.72. The molecule has 5 heteroatoms. The van der Waals surface area contributed by atoms with Crippen molar-refractivity contribution in [3.8, 4) is 5.75 Å². The minimum absolute atomic E-state index is 0.496. The highest BCUT2D eigenvalue weighted by Crippen LogP contribution is 2.37. The van der Waals surface area contributed by atoms with Gasteiger partial charge in [0, 0.05) is 21.5 Å². The molecule has 1 unspecified atom stereocenters. The number of hydrogen-bond donors (Lipinski definition) is 1. The molecule has 20 heavy (non-hydrogen) atoms. The van der Waals surface area contributed by atoms with Gasteiger partial charge in [0.25, 0.3) is 0 Å². The first kappa shape index (κ1) is 15.8. The molecule has 0 heterocycles. The fourth-order valence-corrected chi connectivity index (χ4v) is 3.26. The van der Waals surface area contributed by atoms with Crippen molar-refractivity contribution in [2.45, 2.75) is 12.5 Å². The number of halogens is 3. The fraction of sp³-hybridized carbons (Fsp3) is 0.200. The lowest BCUT2D eigenvalue weighted by Crippen LogP contribution is -2.04. The molecule has 2 nitrogen and oxygen atoms in total. The Bertz CT molecular complexity index is 600. The second-order valence-corrected chi connectivity index (χ2v) is 6.56. The van der Waals surface area contributed by atoms with Gasteiger partial charge in [0.05, 0.1) is 17.7 Å². The first-order valence-corrected chi connectivity index (χ1v) is 7.93. The van der Waals surface area contributed by atoms with E-state index >= 15 is 0 Å². The Morgan fingerprint density at radius 2 is 1.85 bits per heavy atom. The first-order valence-electron chi connectivity index (χ1n) is 5.96. The highest BCUT2D eigenvalue weighted by Gasteiger charge is 2.17. The van der Waals surface area contributed by atoms with E-state index in [-0.39, 0.29) is 0 Å². The number of rotatable bonds is 4. The molecule has 2 aromatic rings. The molecule has 0 amide bonds. The van der Waals surface area contributed by atoms with Gasteiger partial charge in [-0.05, 0) is 45.8 Å². The number of methoxy groups -OCH3 is 1. The van der Waals surface area contributed by atoms with Crippen molar-refractivity contribution in [2.75, 3.05) is 7.11 Å². The predicted octanol–water partition coefficient (Wildman–Crippen LogP) is 5.15. The zero-order valence-electron chi connectivity index (χ0n) is 10.7. The number of benzene rings is 2. The molecule has 0 bridgehead atoms. The molecule has 0 aliphatic rings. The van der Waals surface area contributed by atoms with Crippen LogP contribution in [0.5, 0.6) is 5.75 Å². The van der Waals surface area contributed by atoms with Crippen LogP contribution in [0.4, 0.5) is 0 Å². The first-order chi connectivity index (χ1) is 9.51. The summed E-state index contributed by atoms with van der Waals surface area (Å²) in [6.45, 7) is 0. The van der Waals surface area contributed by atoms with Gasteiger partial charge in [-0.2, -0.15) is 0 Å². The average molecular weight is 421 g/mol. The van der Waals surface area contributed by atoms with Gasteiger partial charge < -0.3 is 9.84 Å². The van der Waals surface area contributed by atoms with Crippen LogP contribution in [0.2, 0.25) is 5.02 Å². The van der Waals surface area contributed by atoms with Gasteiger partial charge in [-0.3, -0.25) is 0 Å².